The predicted molar refractivity (Wildman–Crippen MR) is 130 cm³/mol. The van der Waals surface area contributed by atoms with Gasteiger partial charge in [0.2, 0.25) is 0 Å². The Balaban J connectivity index is 1.55. The van der Waals surface area contributed by atoms with E-state index < -0.39 is 23.5 Å². The fourth-order valence-corrected chi connectivity index (χ4v) is 5.02. The first kappa shape index (κ1) is 22.7. The Hall–Kier alpha value is -4.06. The van der Waals surface area contributed by atoms with Crippen molar-refractivity contribution in [2.45, 2.75) is 31.6 Å². The van der Waals surface area contributed by atoms with Crippen molar-refractivity contribution in [1.29, 1.82) is 0 Å². The molecule has 1 amide bonds. The van der Waals surface area contributed by atoms with Gasteiger partial charge in [-0.2, -0.15) is 0 Å². The van der Waals surface area contributed by atoms with Crippen molar-refractivity contribution >= 4 is 17.4 Å². The maximum Gasteiger partial charge on any atom is 0.254 e. The van der Waals surface area contributed by atoms with E-state index in [1.807, 2.05) is 30.3 Å². The molecule has 2 atom stereocenters. The van der Waals surface area contributed by atoms with Gasteiger partial charge in [-0.15, -0.1) is 0 Å². The number of allylic oxidation sites excluding steroid dienone is 3. The topological polar surface area (TPSA) is 58.2 Å². The van der Waals surface area contributed by atoms with E-state index in [1.165, 1.54) is 36.4 Å². The van der Waals surface area contributed by atoms with Crippen LogP contribution < -0.4 is 10.6 Å². The Morgan fingerprint density at radius 1 is 0.857 bits per heavy atom. The summed E-state index contributed by atoms with van der Waals surface area (Å²) < 4.78 is 27.1. The first-order chi connectivity index (χ1) is 16.9. The number of benzene rings is 3. The molecule has 176 valence electrons. The molecule has 0 unspecified atom stereocenters. The highest BCUT2D eigenvalue weighted by molar-refractivity contribution is 6.10. The molecule has 0 saturated carbocycles. The maximum absolute atomic E-state index is 13.7. The van der Waals surface area contributed by atoms with Crippen LogP contribution in [0.25, 0.3) is 0 Å². The highest BCUT2D eigenvalue weighted by Crippen LogP contribution is 2.45. The zero-order valence-corrected chi connectivity index (χ0v) is 19.1. The van der Waals surface area contributed by atoms with Gasteiger partial charge in [0.25, 0.3) is 5.91 Å². The summed E-state index contributed by atoms with van der Waals surface area (Å²) >= 11 is 0. The Labute approximate surface area is 202 Å². The summed E-state index contributed by atoms with van der Waals surface area (Å²) in [5.74, 6) is -1.85. The van der Waals surface area contributed by atoms with Gasteiger partial charge in [0, 0.05) is 40.6 Å². The monoisotopic (exact) mass is 470 g/mol. The zero-order chi connectivity index (χ0) is 24.5. The molecule has 5 rings (SSSR count). The van der Waals surface area contributed by atoms with Gasteiger partial charge in [-0.3, -0.25) is 9.59 Å². The number of dihydropyridines is 1. The molecule has 0 spiro atoms. The summed E-state index contributed by atoms with van der Waals surface area (Å²) in [7, 11) is 0. The minimum atomic E-state index is -0.642. The van der Waals surface area contributed by atoms with E-state index in [0.29, 0.717) is 40.9 Å². The molecule has 2 aliphatic rings. The number of carbonyl (C=O) groups is 2. The maximum atomic E-state index is 13.7. The van der Waals surface area contributed by atoms with Crippen LogP contribution in [0.5, 0.6) is 0 Å². The zero-order valence-electron chi connectivity index (χ0n) is 19.1. The van der Waals surface area contributed by atoms with Gasteiger partial charge in [0.15, 0.2) is 5.78 Å². The fraction of sp³-hybridized carbons (Fsp3) is 0.172. The van der Waals surface area contributed by atoms with Crippen LogP contribution in [0.2, 0.25) is 0 Å². The molecule has 1 heterocycles. The number of carbonyl (C=O) groups excluding carboxylic acids is 2. The van der Waals surface area contributed by atoms with Crippen molar-refractivity contribution in [3.05, 3.63) is 124 Å². The third-order valence-electron chi connectivity index (χ3n) is 6.65. The number of Topliss-reactive ketones (excluding diaryl/α,β-unsaturated/α-hetero) is 1. The quantitative estimate of drug-likeness (QED) is 0.494. The van der Waals surface area contributed by atoms with E-state index in [4.69, 9.17) is 0 Å². The smallest absolute Gasteiger partial charge is 0.254 e. The normalized spacial score (nSPS) is 19.8. The minimum absolute atomic E-state index is 0.0335. The van der Waals surface area contributed by atoms with Crippen LogP contribution >= 0.6 is 0 Å². The number of hydrogen-bond acceptors (Lipinski definition) is 3. The molecule has 0 radical (unpaired) electrons. The summed E-state index contributed by atoms with van der Waals surface area (Å²) in [6.45, 7) is 1.80. The molecule has 0 saturated heterocycles. The number of ketones is 1. The lowest BCUT2D eigenvalue weighted by Crippen LogP contribution is -2.37. The Morgan fingerprint density at radius 2 is 1.49 bits per heavy atom. The van der Waals surface area contributed by atoms with E-state index >= 15 is 0 Å². The van der Waals surface area contributed by atoms with Crippen molar-refractivity contribution in [2.75, 3.05) is 5.32 Å². The SMILES string of the molecule is CC1=C(C(=O)Nc2ccc(F)cc2)[C@H](c2ccc(F)cc2)C2=C(C[C@H](c3ccccc3)CC2=O)N1. The van der Waals surface area contributed by atoms with Crippen molar-refractivity contribution < 1.29 is 18.4 Å². The van der Waals surface area contributed by atoms with E-state index in [9.17, 15) is 18.4 Å². The van der Waals surface area contributed by atoms with Gasteiger partial charge in [-0.25, -0.2) is 8.78 Å². The molecule has 2 N–H and O–H groups in total. The molecular formula is C29H24F2N2O2. The molecule has 4 nitrogen and oxygen atoms in total. The average molecular weight is 471 g/mol. The summed E-state index contributed by atoms with van der Waals surface area (Å²) in [6.07, 6.45) is 0.959. The lowest BCUT2D eigenvalue weighted by atomic mass is 9.71. The number of halogens is 2. The van der Waals surface area contributed by atoms with Crippen LogP contribution in [0.4, 0.5) is 14.5 Å². The first-order valence-corrected chi connectivity index (χ1v) is 11.5. The number of rotatable bonds is 4. The van der Waals surface area contributed by atoms with E-state index in [-0.39, 0.29) is 11.7 Å². The molecular weight excluding hydrogens is 446 g/mol. The summed E-state index contributed by atoms with van der Waals surface area (Å²) in [6, 6.07) is 21.3. The third-order valence-corrected chi connectivity index (χ3v) is 6.65. The predicted octanol–water partition coefficient (Wildman–Crippen LogP) is 5.97. The fourth-order valence-electron chi connectivity index (χ4n) is 5.02. The average Bonchev–Trinajstić information content (AvgIpc) is 2.85. The standard InChI is InChI=1S/C29H24F2N2O2/c1-17-26(29(35)33-23-13-11-22(31)12-14-23)27(19-7-9-21(30)10-8-19)28-24(32-17)15-20(16-25(28)34)18-5-3-2-4-6-18/h2-14,20,27,32H,15-16H2,1H3,(H,33,35)/t20-,27-/m0/s1. The highest BCUT2D eigenvalue weighted by atomic mass is 19.1. The van der Waals surface area contributed by atoms with Crippen LogP contribution in [-0.4, -0.2) is 11.7 Å². The largest absolute Gasteiger partial charge is 0.362 e. The molecule has 6 heteroatoms. The molecule has 0 fully saturated rings. The molecule has 1 aliphatic carbocycles. The van der Waals surface area contributed by atoms with Gasteiger partial charge in [-0.1, -0.05) is 42.5 Å². The Kier molecular flexibility index (Phi) is 6.03. The second kappa shape index (κ2) is 9.29. The second-order valence-electron chi connectivity index (χ2n) is 8.94. The van der Waals surface area contributed by atoms with Gasteiger partial charge in [0.05, 0.1) is 0 Å². The van der Waals surface area contributed by atoms with E-state index in [2.05, 4.69) is 10.6 Å². The van der Waals surface area contributed by atoms with Crippen LogP contribution in [0.1, 0.15) is 42.7 Å². The van der Waals surface area contributed by atoms with Crippen molar-refractivity contribution in [3.63, 3.8) is 0 Å². The van der Waals surface area contributed by atoms with Gasteiger partial charge >= 0.3 is 0 Å². The van der Waals surface area contributed by atoms with Crippen molar-refractivity contribution in [3.8, 4) is 0 Å². The lowest BCUT2D eigenvalue weighted by Gasteiger charge is -2.37. The van der Waals surface area contributed by atoms with Crippen LogP contribution in [-0.2, 0) is 9.59 Å². The van der Waals surface area contributed by atoms with Crippen LogP contribution in [0.15, 0.2) is 101 Å². The van der Waals surface area contributed by atoms with E-state index in [1.54, 1.807) is 19.1 Å². The van der Waals surface area contributed by atoms with E-state index in [0.717, 1.165) is 11.3 Å². The van der Waals surface area contributed by atoms with Gasteiger partial charge < -0.3 is 10.6 Å². The molecule has 0 aromatic heterocycles. The number of nitrogens with one attached hydrogen (secondary N) is 2. The first-order valence-electron chi connectivity index (χ1n) is 11.5. The molecule has 35 heavy (non-hydrogen) atoms. The van der Waals surface area contributed by atoms with Crippen molar-refractivity contribution in [1.82, 2.24) is 5.32 Å². The van der Waals surface area contributed by atoms with Crippen LogP contribution in [0, 0.1) is 11.6 Å². The summed E-state index contributed by atoms with van der Waals surface area (Å²) in [5.41, 5.74) is 4.53. The van der Waals surface area contributed by atoms with Crippen LogP contribution in [0.3, 0.4) is 0 Å². The molecule has 1 aliphatic heterocycles. The highest BCUT2D eigenvalue weighted by Gasteiger charge is 2.40. The minimum Gasteiger partial charge on any atom is -0.362 e. The molecule has 3 aromatic rings. The molecule has 3 aromatic carbocycles. The number of hydrogen-bond donors (Lipinski definition) is 2. The third kappa shape index (κ3) is 4.52. The lowest BCUT2D eigenvalue weighted by molar-refractivity contribution is -0.116. The molecule has 0 bridgehead atoms. The Bertz CT molecular complexity index is 1340. The van der Waals surface area contributed by atoms with Crippen molar-refractivity contribution in [2.24, 2.45) is 0 Å². The second-order valence-corrected chi connectivity index (χ2v) is 8.94. The summed E-state index contributed by atoms with van der Waals surface area (Å²) in [4.78, 5) is 27.0. The summed E-state index contributed by atoms with van der Waals surface area (Å²) in [5, 5.41) is 6.14. The number of amides is 1. The van der Waals surface area contributed by atoms with Gasteiger partial charge in [-0.05, 0) is 66.8 Å². The number of anilines is 1. The van der Waals surface area contributed by atoms with Gasteiger partial charge in [0.1, 0.15) is 11.6 Å². The Morgan fingerprint density at radius 3 is 2.14 bits per heavy atom.